The number of ether oxygens (including phenoxy) is 2. The Morgan fingerprint density at radius 2 is 0.784 bits per heavy atom. The van der Waals surface area contributed by atoms with Crippen LogP contribution in [0.2, 0.25) is 0 Å². The summed E-state index contributed by atoms with van der Waals surface area (Å²) < 4.78 is 48.0. The van der Waals surface area contributed by atoms with E-state index >= 15 is 0 Å². The molecule has 0 aromatic rings. The summed E-state index contributed by atoms with van der Waals surface area (Å²) in [6.07, 6.45) is 52.6. The van der Waals surface area contributed by atoms with Crippen molar-refractivity contribution in [2.45, 2.75) is 371 Å². The first kappa shape index (κ1) is 71.1. The van der Waals surface area contributed by atoms with E-state index in [4.69, 9.17) is 9.47 Å². The van der Waals surface area contributed by atoms with Gasteiger partial charge in [0.25, 0.3) is 0 Å². The van der Waals surface area contributed by atoms with Crippen molar-refractivity contribution in [3.8, 4) is 0 Å². The second kappa shape index (κ2) is 51.5. The number of rotatable bonds is 57. The number of amides is 1. The minimum atomic E-state index is -5.08. The lowest BCUT2D eigenvalue weighted by Crippen LogP contribution is -2.61. The molecule has 6 N–H and O–H groups in total. The zero-order valence-electron chi connectivity index (χ0n) is 48.2. The van der Waals surface area contributed by atoms with E-state index in [0.29, 0.717) is 12.8 Å². The predicted octanol–water partition coefficient (Wildman–Crippen LogP) is 15.6. The fourth-order valence-corrected chi connectivity index (χ4v) is 11.3. The Labute approximate surface area is 456 Å². The van der Waals surface area contributed by atoms with Gasteiger partial charge < -0.3 is 35.2 Å². The van der Waals surface area contributed by atoms with Crippen molar-refractivity contribution in [1.82, 2.24) is 5.32 Å². The van der Waals surface area contributed by atoms with Crippen molar-refractivity contribution >= 4 is 16.3 Å². The molecule has 0 aromatic carbocycles. The molecule has 1 heterocycles. The quantitative estimate of drug-likeness (QED) is 0.0251. The minimum absolute atomic E-state index is 0.220. The van der Waals surface area contributed by atoms with E-state index in [-0.39, 0.29) is 12.5 Å². The standard InChI is InChI=1S/C61H121NO11S/c1-3-5-7-9-11-13-15-17-19-21-23-25-27-29-31-33-35-37-39-41-43-45-47-49-51-57(65)62-54(53-71-61-59(67)60(73-74(68,69)70)58(66)56(52-63)72-61)55(64)50-48-46-44-42-40-38-36-34-32-30-28-26-24-22-20-18-16-14-12-10-8-6-4-2/h54-56,58-61,63-64,66-67H,3-53H2,1-2H3,(H,62,65)(H,68,69,70). The summed E-state index contributed by atoms with van der Waals surface area (Å²) in [6, 6.07) is -0.854. The Bertz CT molecular complexity index is 1310. The van der Waals surface area contributed by atoms with Crippen LogP contribution in [-0.4, -0.2) is 95.4 Å². The molecule has 0 bridgehead atoms. The van der Waals surface area contributed by atoms with Gasteiger partial charge in [0.15, 0.2) is 6.29 Å². The molecule has 7 unspecified atom stereocenters. The highest BCUT2D eigenvalue weighted by molar-refractivity contribution is 7.80. The van der Waals surface area contributed by atoms with E-state index in [1.54, 1.807) is 0 Å². The molecule has 1 fully saturated rings. The maximum absolute atomic E-state index is 13.2. The van der Waals surface area contributed by atoms with Crippen LogP contribution in [0, 0.1) is 0 Å². The van der Waals surface area contributed by atoms with Gasteiger partial charge in [0.1, 0.15) is 24.4 Å². The first-order chi connectivity index (χ1) is 36.0. The van der Waals surface area contributed by atoms with E-state index < -0.39 is 59.9 Å². The molecule has 12 nitrogen and oxygen atoms in total. The number of hydrogen-bond acceptors (Lipinski definition) is 10. The first-order valence-electron chi connectivity index (χ1n) is 31.9. The van der Waals surface area contributed by atoms with Crippen molar-refractivity contribution in [1.29, 1.82) is 0 Å². The summed E-state index contributed by atoms with van der Waals surface area (Å²) in [4.78, 5) is 13.2. The summed E-state index contributed by atoms with van der Waals surface area (Å²) in [7, 11) is -5.08. The van der Waals surface area contributed by atoms with Gasteiger partial charge in [0, 0.05) is 6.42 Å². The molecule has 0 radical (unpaired) electrons. The van der Waals surface area contributed by atoms with Crippen LogP contribution in [0.15, 0.2) is 0 Å². The fraction of sp³-hybridized carbons (Fsp3) is 0.984. The largest absolute Gasteiger partial charge is 0.397 e. The Kier molecular flexibility index (Phi) is 49.5. The van der Waals surface area contributed by atoms with Gasteiger partial charge in [-0.1, -0.05) is 309 Å². The van der Waals surface area contributed by atoms with Gasteiger partial charge in [-0.25, -0.2) is 4.18 Å². The summed E-state index contributed by atoms with van der Waals surface area (Å²) in [6.45, 7) is 3.52. The van der Waals surface area contributed by atoms with Crippen molar-refractivity contribution in [2.24, 2.45) is 0 Å². The van der Waals surface area contributed by atoms with Crippen LogP contribution in [0.3, 0.4) is 0 Å². The fourth-order valence-electron chi connectivity index (χ4n) is 10.8. The summed E-state index contributed by atoms with van der Waals surface area (Å²) in [5.74, 6) is -0.220. The summed E-state index contributed by atoms with van der Waals surface area (Å²) in [5, 5.41) is 45.2. The SMILES string of the molecule is CCCCCCCCCCCCCCCCCCCCCCCCCCC(=O)NC(COC1OC(CO)C(O)C(OS(=O)(=O)O)C1O)C(O)CCCCCCCCCCCCCCCCCCCCCCCCC. The summed E-state index contributed by atoms with van der Waals surface area (Å²) >= 11 is 0. The maximum Gasteiger partial charge on any atom is 0.397 e. The van der Waals surface area contributed by atoms with Gasteiger partial charge in [-0.3, -0.25) is 9.35 Å². The molecule has 0 saturated carbocycles. The average molecular weight is 1080 g/mol. The molecule has 1 aliphatic rings. The number of unbranched alkanes of at least 4 members (excludes halogenated alkanes) is 45. The number of carbonyl (C=O) groups is 1. The predicted molar refractivity (Wildman–Crippen MR) is 306 cm³/mol. The van der Waals surface area contributed by atoms with Gasteiger partial charge in [-0.15, -0.1) is 0 Å². The lowest BCUT2D eigenvalue weighted by Gasteiger charge is -2.41. The van der Waals surface area contributed by atoms with Crippen molar-refractivity contribution in [3.05, 3.63) is 0 Å². The second-order valence-electron chi connectivity index (χ2n) is 22.7. The van der Waals surface area contributed by atoms with Crippen LogP contribution in [0.25, 0.3) is 0 Å². The number of carbonyl (C=O) groups excluding carboxylic acids is 1. The topological polar surface area (TPSA) is 192 Å². The zero-order chi connectivity index (χ0) is 54.0. The molecule has 1 amide bonds. The first-order valence-corrected chi connectivity index (χ1v) is 33.3. The number of hydrogen-bond donors (Lipinski definition) is 6. The van der Waals surface area contributed by atoms with Crippen molar-refractivity contribution in [3.63, 3.8) is 0 Å². The smallest absolute Gasteiger partial charge is 0.394 e. The van der Waals surface area contributed by atoms with E-state index in [1.807, 2.05) is 0 Å². The summed E-state index contributed by atoms with van der Waals surface area (Å²) in [5.41, 5.74) is 0. The van der Waals surface area contributed by atoms with Crippen molar-refractivity contribution < 1.29 is 51.8 Å². The van der Waals surface area contributed by atoms with E-state index in [0.717, 1.165) is 51.4 Å². The monoisotopic (exact) mass is 1080 g/mol. The minimum Gasteiger partial charge on any atom is -0.394 e. The lowest BCUT2D eigenvalue weighted by molar-refractivity contribution is -0.298. The molecule has 7 atom stereocenters. The third-order valence-electron chi connectivity index (χ3n) is 15.7. The normalized spacial score (nSPS) is 19.0. The average Bonchev–Trinajstić information content (AvgIpc) is 3.38. The molecule has 13 heteroatoms. The molecule has 1 rings (SSSR count). The van der Waals surface area contributed by atoms with Crippen LogP contribution in [0.1, 0.15) is 328 Å². The van der Waals surface area contributed by atoms with E-state index in [2.05, 4.69) is 23.3 Å². The zero-order valence-corrected chi connectivity index (χ0v) is 49.0. The van der Waals surface area contributed by atoms with Crippen LogP contribution in [-0.2, 0) is 28.9 Å². The van der Waals surface area contributed by atoms with E-state index in [1.165, 1.54) is 250 Å². The highest BCUT2D eigenvalue weighted by atomic mass is 32.3. The molecular formula is C61H121NO11S. The number of aliphatic hydroxyl groups excluding tert-OH is 4. The Morgan fingerprint density at radius 1 is 0.486 bits per heavy atom. The molecular weight excluding hydrogens is 955 g/mol. The molecule has 0 aliphatic carbocycles. The Morgan fingerprint density at radius 3 is 1.08 bits per heavy atom. The highest BCUT2D eigenvalue weighted by Crippen LogP contribution is 2.26. The Hall–Kier alpha value is -0.900. The van der Waals surface area contributed by atoms with Gasteiger partial charge in [-0.2, -0.15) is 8.42 Å². The van der Waals surface area contributed by atoms with Crippen LogP contribution in [0.4, 0.5) is 0 Å². The molecule has 0 spiro atoms. The van der Waals surface area contributed by atoms with Crippen LogP contribution >= 0.6 is 0 Å². The van der Waals surface area contributed by atoms with E-state index in [9.17, 15) is 38.2 Å². The third kappa shape index (κ3) is 43.0. The second-order valence-corrected chi connectivity index (χ2v) is 23.8. The molecule has 74 heavy (non-hydrogen) atoms. The van der Waals surface area contributed by atoms with Crippen LogP contribution < -0.4 is 5.32 Å². The van der Waals surface area contributed by atoms with Gasteiger partial charge >= 0.3 is 10.4 Å². The van der Waals surface area contributed by atoms with Gasteiger partial charge in [0.2, 0.25) is 5.91 Å². The molecule has 0 aromatic heterocycles. The van der Waals surface area contributed by atoms with Gasteiger partial charge in [-0.05, 0) is 12.8 Å². The number of nitrogens with one attached hydrogen (secondary N) is 1. The maximum atomic E-state index is 13.2. The Balaban J connectivity index is 2.29. The van der Waals surface area contributed by atoms with Crippen LogP contribution in [0.5, 0.6) is 0 Å². The third-order valence-corrected chi connectivity index (χ3v) is 16.1. The highest BCUT2D eigenvalue weighted by Gasteiger charge is 2.48. The van der Waals surface area contributed by atoms with Gasteiger partial charge in [0.05, 0.1) is 25.4 Å². The molecule has 1 aliphatic heterocycles. The van der Waals surface area contributed by atoms with Crippen molar-refractivity contribution in [2.75, 3.05) is 13.2 Å². The molecule has 1 saturated heterocycles. The molecule has 442 valence electrons. The lowest BCUT2D eigenvalue weighted by atomic mass is 9.99. The number of aliphatic hydroxyl groups is 4.